The van der Waals surface area contributed by atoms with E-state index in [0.29, 0.717) is 6.04 Å². The summed E-state index contributed by atoms with van der Waals surface area (Å²) < 4.78 is 2.88. The Bertz CT molecular complexity index is 328. The Hall–Kier alpha value is -0.376. The summed E-state index contributed by atoms with van der Waals surface area (Å²) in [6.45, 7) is 14.7. The van der Waals surface area contributed by atoms with Gasteiger partial charge in [0.05, 0.1) is 6.07 Å². The molecule has 0 saturated carbocycles. The predicted octanol–water partition coefficient (Wildman–Crippen LogP) is 3.96. The van der Waals surface area contributed by atoms with Gasteiger partial charge in [-0.15, -0.1) is 0 Å². The van der Waals surface area contributed by atoms with Gasteiger partial charge in [0.25, 0.3) is 0 Å². The van der Waals surface area contributed by atoms with Crippen LogP contribution < -0.4 is 0 Å². The van der Waals surface area contributed by atoms with Crippen LogP contribution in [0, 0.1) is 11.3 Å². The SMILES string of the molecule is C[Si](C)(C)N(C1CC=C(C#N)CC1)[Si](C)(C)C. The molecule has 0 amide bonds. The molecule has 17 heavy (non-hydrogen) atoms. The minimum atomic E-state index is -1.26. The molecular formula is C13H26N2Si2. The zero-order valence-electron chi connectivity index (χ0n) is 12.2. The second-order valence-corrected chi connectivity index (χ2v) is 17.1. The van der Waals surface area contributed by atoms with Crippen LogP contribution in [0.15, 0.2) is 11.6 Å². The molecule has 1 atom stereocenters. The Labute approximate surface area is 108 Å². The molecule has 96 valence electrons. The number of hydrogen-bond donors (Lipinski definition) is 0. The lowest BCUT2D eigenvalue weighted by atomic mass is 9.97. The first-order chi connectivity index (χ1) is 7.66. The zero-order chi connectivity index (χ0) is 13.3. The van der Waals surface area contributed by atoms with E-state index in [-0.39, 0.29) is 0 Å². The minimum Gasteiger partial charge on any atom is -0.343 e. The van der Waals surface area contributed by atoms with E-state index in [0.717, 1.165) is 18.4 Å². The van der Waals surface area contributed by atoms with Gasteiger partial charge in [0.15, 0.2) is 0 Å². The van der Waals surface area contributed by atoms with Crippen LogP contribution >= 0.6 is 0 Å². The summed E-state index contributed by atoms with van der Waals surface area (Å²) in [7, 11) is -2.52. The Morgan fingerprint density at radius 1 is 1.18 bits per heavy atom. The number of nitriles is 1. The summed E-state index contributed by atoms with van der Waals surface area (Å²) in [6.07, 6.45) is 5.40. The molecule has 0 aliphatic heterocycles. The van der Waals surface area contributed by atoms with Crippen LogP contribution in [0.25, 0.3) is 0 Å². The largest absolute Gasteiger partial charge is 0.343 e. The average molecular weight is 267 g/mol. The van der Waals surface area contributed by atoms with Crippen molar-refractivity contribution in [3.63, 3.8) is 0 Å². The molecule has 1 aliphatic carbocycles. The lowest BCUT2D eigenvalue weighted by Crippen LogP contribution is -2.63. The normalized spacial score (nSPS) is 22.2. The first kappa shape index (κ1) is 14.7. The van der Waals surface area contributed by atoms with E-state index in [9.17, 15) is 0 Å². The van der Waals surface area contributed by atoms with E-state index in [2.05, 4.69) is 55.7 Å². The molecule has 1 rings (SSSR count). The Morgan fingerprint density at radius 3 is 2.00 bits per heavy atom. The maximum atomic E-state index is 8.92. The van der Waals surface area contributed by atoms with Gasteiger partial charge in [-0.05, 0) is 19.3 Å². The third kappa shape index (κ3) is 3.80. The minimum absolute atomic E-state index is 0.686. The number of hydrogen-bond acceptors (Lipinski definition) is 2. The van der Waals surface area contributed by atoms with Crippen molar-refractivity contribution in [1.29, 1.82) is 5.26 Å². The molecule has 0 aromatic heterocycles. The molecule has 0 aromatic rings. The van der Waals surface area contributed by atoms with Crippen molar-refractivity contribution in [3.05, 3.63) is 11.6 Å². The highest BCUT2D eigenvalue weighted by atomic mass is 28.4. The van der Waals surface area contributed by atoms with Crippen LogP contribution in [0.5, 0.6) is 0 Å². The highest BCUT2D eigenvalue weighted by Gasteiger charge is 2.39. The van der Waals surface area contributed by atoms with E-state index in [4.69, 9.17) is 5.26 Å². The van der Waals surface area contributed by atoms with Gasteiger partial charge < -0.3 is 4.23 Å². The smallest absolute Gasteiger partial charge is 0.112 e. The van der Waals surface area contributed by atoms with Crippen molar-refractivity contribution in [2.75, 3.05) is 0 Å². The van der Waals surface area contributed by atoms with Crippen LogP contribution in [0.3, 0.4) is 0 Å². The van der Waals surface area contributed by atoms with Gasteiger partial charge in [-0.3, -0.25) is 0 Å². The Morgan fingerprint density at radius 2 is 1.71 bits per heavy atom. The van der Waals surface area contributed by atoms with Crippen LogP contribution in [0.1, 0.15) is 19.3 Å². The third-order valence-electron chi connectivity index (χ3n) is 3.34. The molecule has 0 aromatic carbocycles. The summed E-state index contributed by atoms with van der Waals surface area (Å²) in [6, 6.07) is 2.99. The molecule has 0 spiro atoms. The zero-order valence-corrected chi connectivity index (χ0v) is 14.2. The number of allylic oxidation sites excluding steroid dienone is 1. The molecule has 0 saturated heterocycles. The Balaban J connectivity index is 2.89. The number of nitrogens with zero attached hydrogens (tertiary/aromatic N) is 2. The standard InChI is InChI=1S/C13H26N2Si2/c1-16(2,3)15(17(4,5)6)13-9-7-12(11-14)8-10-13/h7,13H,8-10H2,1-6H3. The topological polar surface area (TPSA) is 27.0 Å². The molecule has 0 heterocycles. The fourth-order valence-corrected chi connectivity index (χ4v) is 14.0. The average Bonchev–Trinajstić information content (AvgIpc) is 2.14. The highest BCUT2D eigenvalue weighted by Crippen LogP contribution is 2.30. The first-order valence-corrected chi connectivity index (χ1v) is 13.4. The monoisotopic (exact) mass is 266 g/mol. The van der Waals surface area contributed by atoms with E-state index >= 15 is 0 Å². The van der Waals surface area contributed by atoms with Crippen molar-refractivity contribution in [2.45, 2.75) is 64.6 Å². The lowest BCUT2D eigenvalue weighted by molar-refractivity contribution is 0.404. The van der Waals surface area contributed by atoms with Crippen molar-refractivity contribution >= 4 is 16.5 Å². The molecular weight excluding hydrogens is 240 g/mol. The van der Waals surface area contributed by atoms with Gasteiger partial charge in [0, 0.05) is 11.6 Å². The van der Waals surface area contributed by atoms with Gasteiger partial charge in [0.1, 0.15) is 16.5 Å². The molecule has 0 fully saturated rings. The quantitative estimate of drug-likeness (QED) is 0.723. The predicted molar refractivity (Wildman–Crippen MR) is 79.9 cm³/mol. The molecule has 0 radical (unpaired) electrons. The van der Waals surface area contributed by atoms with Gasteiger partial charge in [-0.2, -0.15) is 5.26 Å². The van der Waals surface area contributed by atoms with Crippen molar-refractivity contribution in [2.24, 2.45) is 0 Å². The molecule has 4 heteroatoms. The number of rotatable bonds is 3. The summed E-state index contributed by atoms with van der Waals surface area (Å²) in [5.41, 5.74) is 0.993. The van der Waals surface area contributed by atoms with E-state index in [1.165, 1.54) is 6.42 Å². The molecule has 1 aliphatic rings. The summed E-state index contributed by atoms with van der Waals surface area (Å²) in [4.78, 5) is 0. The summed E-state index contributed by atoms with van der Waals surface area (Å²) >= 11 is 0. The fraction of sp³-hybridized carbons (Fsp3) is 0.769. The Kier molecular flexibility index (Phi) is 4.40. The van der Waals surface area contributed by atoms with Crippen LogP contribution in [-0.2, 0) is 0 Å². The maximum absolute atomic E-state index is 8.92. The van der Waals surface area contributed by atoms with Gasteiger partial charge in [0.2, 0.25) is 0 Å². The second-order valence-electron chi connectivity index (χ2n) is 6.98. The molecule has 0 bridgehead atoms. The second kappa shape index (κ2) is 5.09. The van der Waals surface area contributed by atoms with Crippen molar-refractivity contribution in [1.82, 2.24) is 4.23 Å². The van der Waals surface area contributed by atoms with Crippen LogP contribution in [-0.4, -0.2) is 26.7 Å². The van der Waals surface area contributed by atoms with Gasteiger partial charge in [-0.1, -0.05) is 45.4 Å². The summed E-state index contributed by atoms with van der Waals surface area (Å²) in [5, 5.41) is 8.92. The highest BCUT2D eigenvalue weighted by molar-refractivity contribution is 6.89. The van der Waals surface area contributed by atoms with Gasteiger partial charge >= 0.3 is 0 Å². The third-order valence-corrected chi connectivity index (χ3v) is 11.0. The van der Waals surface area contributed by atoms with Crippen molar-refractivity contribution in [3.8, 4) is 6.07 Å². The van der Waals surface area contributed by atoms with E-state index in [1.807, 2.05) is 0 Å². The molecule has 1 unspecified atom stereocenters. The first-order valence-electron chi connectivity index (χ1n) is 6.55. The van der Waals surface area contributed by atoms with Crippen molar-refractivity contribution < 1.29 is 0 Å². The molecule has 0 N–H and O–H groups in total. The van der Waals surface area contributed by atoms with E-state index < -0.39 is 16.5 Å². The lowest BCUT2D eigenvalue weighted by Gasteiger charge is -2.49. The van der Waals surface area contributed by atoms with Crippen LogP contribution in [0.2, 0.25) is 39.3 Å². The molecule has 2 nitrogen and oxygen atoms in total. The maximum Gasteiger partial charge on any atom is 0.112 e. The van der Waals surface area contributed by atoms with Gasteiger partial charge in [-0.25, -0.2) is 0 Å². The fourth-order valence-electron chi connectivity index (χ4n) is 3.26. The van der Waals surface area contributed by atoms with E-state index in [1.54, 1.807) is 0 Å². The van der Waals surface area contributed by atoms with Crippen LogP contribution in [0.4, 0.5) is 0 Å². The summed E-state index contributed by atoms with van der Waals surface area (Å²) in [5.74, 6) is 0.